The number of non-ortho nitro benzene ring substituents is 1. The predicted molar refractivity (Wildman–Crippen MR) is 92.1 cm³/mol. The van der Waals surface area contributed by atoms with Crippen molar-refractivity contribution in [1.82, 2.24) is 0 Å². The number of aryl methyl sites for hydroxylation is 2. The molecule has 0 heterocycles. The summed E-state index contributed by atoms with van der Waals surface area (Å²) in [6.45, 7) is 4.25. The molecule has 0 spiro atoms. The van der Waals surface area contributed by atoms with Gasteiger partial charge in [-0.05, 0) is 62.4 Å². The number of hydrogen-bond acceptors (Lipinski definition) is 4. The molecule has 0 fully saturated rings. The van der Waals surface area contributed by atoms with Crippen LogP contribution in [0.3, 0.4) is 0 Å². The summed E-state index contributed by atoms with van der Waals surface area (Å²) in [7, 11) is 0. The normalized spacial score (nSPS) is 15.3. The summed E-state index contributed by atoms with van der Waals surface area (Å²) in [5, 5.41) is 15.2. The lowest BCUT2D eigenvalue weighted by Crippen LogP contribution is -2.15. The Hall–Kier alpha value is -2.69. The van der Waals surface area contributed by atoms with E-state index in [0.29, 0.717) is 0 Å². The molecule has 1 aliphatic rings. The molecule has 1 N–H and O–H groups in total. The standard InChI is InChI=1S/C18H19N3O2/c1-12-10-13(2)16-4-3-5-18(17(16)11-12)20-19-14-6-8-15(9-7-14)21(22)23/h6-11,19H,3-5H2,1-2H3. The van der Waals surface area contributed by atoms with Crippen LogP contribution in [-0.2, 0) is 6.42 Å². The van der Waals surface area contributed by atoms with E-state index in [0.717, 1.165) is 30.7 Å². The number of anilines is 1. The van der Waals surface area contributed by atoms with E-state index >= 15 is 0 Å². The molecule has 0 saturated heterocycles. The number of hydrogen-bond donors (Lipinski definition) is 1. The zero-order valence-corrected chi connectivity index (χ0v) is 13.3. The van der Waals surface area contributed by atoms with E-state index in [1.165, 1.54) is 34.4 Å². The monoisotopic (exact) mass is 309 g/mol. The Morgan fingerprint density at radius 1 is 1.13 bits per heavy atom. The van der Waals surface area contributed by atoms with Gasteiger partial charge >= 0.3 is 0 Å². The maximum Gasteiger partial charge on any atom is 0.269 e. The highest BCUT2D eigenvalue weighted by atomic mass is 16.6. The molecule has 0 aromatic heterocycles. The van der Waals surface area contributed by atoms with Crippen LogP contribution in [0.2, 0.25) is 0 Å². The van der Waals surface area contributed by atoms with E-state index in [1.54, 1.807) is 12.1 Å². The number of nitrogens with one attached hydrogen (secondary N) is 1. The SMILES string of the molecule is Cc1cc(C)c2c(c1)C(=NNc1ccc([N+](=O)[O-])cc1)CCC2. The second kappa shape index (κ2) is 6.20. The van der Waals surface area contributed by atoms with Crippen molar-refractivity contribution in [2.75, 3.05) is 5.43 Å². The average Bonchev–Trinajstić information content (AvgIpc) is 2.53. The topological polar surface area (TPSA) is 67.5 Å². The first-order valence-electron chi connectivity index (χ1n) is 7.72. The molecule has 23 heavy (non-hydrogen) atoms. The summed E-state index contributed by atoms with van der Waals surface area (Å²) >= 11 is 0. The van der Waals surface area contributed by atoms with Gasteiger partial charge in [0.2, 0.25) is 0 Å². The highest BCUT2D eigenvalue weighted by molar-refractivity contribution is 6.03. The second-order valence-corrected chi connectivity index (χ2v) is 5.94. The first kappa shape index (κ1) is 15.2. The van der Waals surface area contributed by atoms with Gasteiger partial charge < -0.3 is 0 Å². The molecule has 5 nitrogen and oxygen atoms in total. The largest absolute Gasteiger partial charge is 0.278 e. The Kier molecular flexibility index (Phi) is 4.10. The van der Waals surface area contributed by atoms with E-state index in [2.05, 4.69) is 36.5 Å². The number of rotatable bonds is 3. The fourth-order valence-electron chi connectivity index (χ4n) is 3.06. The quantitative estimate of drug-likeness (QED) is 0.676. The second-order valence-electron chi connectivity index (χ2n) is 5.94. The fourth-order valence-corrected chi connectivity index (χ4v) is 3.06. The smallest absolute Gasteiger partial charge is 0.269 e. The molecule has 1 aliphatic carbocycles. The van der Waals surface area contributed by atoms with E-state index in [9.17, 15) is 10.1 Å². The third-order valence-corrected chi connectivity index (χ3v) is 4.17. The number of nitro benzene ring substituents is 1. The number of benzene rings is 2. The van der Waals surface area contributed by atoms with Crippen molar-refractivity contribution in [3.63, 3.8) is 0 Å². The molecule has 0 radical (unpaired) electrons. The molecule has 0 saturated carbocycles. The lowest BCUT2D eigenvalue weighted by Gasteiger charge is -2.21. The Balaban J connectivity index is 1.86. The summed E-state index contributed by atoms with van der Waals surface area (Å²) in [5.74, 6) is 0. The van der Waals surface area contributed by atoms with Crippen LogP contribution in [0.1, 0.15) is 35.1 Å². The van der Waals surface area contributed by atoms with Gasteiger partial charge in [0.1, 0.15) is 0 Å². The van der Waals surface area contributed by atoms with E-state index in [4.69, 9.17) is 0 Å². The molecule has 2 aromatic carbocycles. The molecule has 0 bridgehead atoms. The van der Waals surface area contributed by atoms with Crippen LogP contribution in [-0.4, -0.2) is 10.6 Å². The van der Waals surface area contributed by atoms with E-state index < -0.39 is 4.92 Å². The van der Waals surface area contributed by atoms with Crippen LogP contribution in [0.25, 0.3) is 0 Å². The van der Waals surface area contributed by atoms with Crippen LogP contribution in [0, 0.1) is 24.0 Å². The van der Waals surface area contributed by atoms with Gasteiger partial charge in [-0.1, -0.05) is 11.6 Å². The molecule has 0 atom stereocenters. The van der Waals surface area contributed by atoms with Gasteiger partial charge in [-0.15, -0.1) is 0 Å². The lowest BCUT2D eigenvalue weighted by molar-refractivity contribution is -0.384. The Morgan fingerprint density at radius 2 is 1.87 bits per heavy atom. The van der Waals surface area contributed by atoms with Gasteiger partial charge in [0, 0.05) is 17.7 Å². The van der Waals surface area contributed by atoms with Crippen LogP contribution in [0.15, 0.2) is 41.5 Å². The molecule has 0 amide bonds. The van der Waals surface area contributed by atoms with Crippen molar-refractivity contribution >= 4 is 17.1 Å². The molecule has 118 valence electrons. The Labute approximate surface area is 135 Å². The lowest BCUT2D eigenvalue weighted by atomic mass is 9.86. The van der Waals surface area contributed by atoms with Gasteiger partial charge in [-0.25, -0.2) is 0 Å². The molecule has 0 aliphatic heterocycles. The molecule has 0 unspecified atom stereocenters. The third-order valence-electron chi connectivity index (χ3n) is 4.17. The number of hydrazone groups is 1. The molecular weight excluding hydrogens is 290 g/mol. The zero-order valence-electron chi connectivity index (χ0n) is 13.3. The first-order valence-corrected chi connectivity index (χ1v) is 7.72. The van der Waals surface area contributed by atoms with Crippen molar-refractivity contribution < 1.29 is 4.92 Å². The van der Waals surface area contributed by atoms with Gasteiger partial charge in [0.15, 0.2) is 0 Å². The Morgan fingerprint density at radius 3 is 2.57 bits per heavy atom. The van der Waals surface area contributed by atoms with Crippen molar-refractivity contribution in [3.8, 4) is 0 Å². The summed E-state index contributed by atoms with van der Waals surface area (Å²) in [4.78, 5) is 10.3. The van der Waals surface area contributed by atoms with Crippen molar-refractivity contribution in [3.05, 3.63) is 68.8 Å². The number of nitro groups is 1. The minimum Gasteiger partial charge on any atom is -0.278 e. The third kappa shape index (κ3) is 3.23. The molecule has 5 heteroatoms. The predicted octanol–water partition coefficient (Wildman–Crippen LogP) is 4.36. The van der Waals surface area contributed by atoms with E-state index in [-0.39, 0.29) is 5.69 Å². The first-order chi connectivity index (χ1) is 11.0. The average molecular weight is 309 g/mol. The number of nitrogens with zero attached hydrogens (tertiary/aromatic N) is 2. The van der Waals surface area contributed by atoms with Gasteiger partial charge in [0.25, 0.3) is 5.69 Å². The summed E-state index contributed by atoms with van der Waals surface area (Å²) in [6.07, 6.45) is 3.13. The maximum absolute atomic E-state index is 10.7. The number of fused-ring (bicyclic) bond motifs is 1. The zero-order chi connectivity index (χ0) is 16.4. The van der Waals surface area contributed by atoms with Crippen molar-refractivity contribution in [2.24, 2.45) is 5.10 Å². The van der Waals surface area contributed by atoms with Gasteiger partial charge in [0.05, 0.1) is 16.3 Å². The van der Waals surface area contributed by atoms with Crippen LogP contribution in [0.4, 0.5) is 11.4 Å². The van der Waals surface area contributed by atoms with E-state index in [1.807, 2.05) is 0 Å². The molecule has 2 aromatic rings. The van der Waals surface area contributed by atoms with Crippen LogP contribution in [0.5, 0.6) is 0 Å². The summed E-state index contributed by atoms with van der Waals surface area (Å²) in [6, 6.07) is 10.7. The van der Waals surface area contributed by atoms with Crippen LogP contribution < -0.4 is 5.43 Å². The maximum atomic E-state index is 10.7. The Bertz CT molecular complexity index is 780. The minimum absolute atomic E-state index is 0.0810. The summed E-state index contributed by atoms with van der Waals surface area (Å²) < 4.78 is 0. The van der Waals surface area contributed by atoms with Crippen molar-refractivity contribution in [2.45, 2.75) is 33.1 Å². The molecular formula is C18H19N3O2. The highest BCUT2D eigenvalue weighted by Crippen LogP contribution is 2.26. The van der Waals surface area contributed by atoms with Gasteiger partial charge in [-0.3, -0.25) is 15.5 Å². The fraction of sp³-hybridized carbons (Fsp3) is 0.278. The van der Waals surface area contributed by atoms with Gasteiger partial charge in [-0.2, -0.15) is 5.10 Å². The summed E-state index contributed by atoms with van der Waals surface area (Å²) in [5.41, 5.74) is 10.1. The van der Waals surface area contributed by atoms with Crippen molar-refractivity contribution in [1.29, 1.82) is 0 Å². The minimum atomic E-state index is -0.404. The molecule has 3 rings (SSSR count). The van der Waals surface area contributed by atoms with Crippen LogP contribution >= 0.6 is 0 Å². The highest BCUT2D eigenvalue weighted by Gasteiger charge is 2.17.